The Bertz CT molecular complexity index is 473. The second-order valence-electron chi connectivity index (χ2n) is 3.05. The summed E-state index contributed by atoms with van der Waals surface area (Å²) < 4.78 is 27.1. The Kier molecular flexibility index (Phi) is 2.11. The molecule has 2 rings (SSSR count). The van der Waals surface area contributed by atoms with Gasteiger partial charge in [0.1, 0.15) is 0 Å². The Hall–Kier alpha value is -1.30. The summed E-state index contributed by atoms with van der Waals surface area (Å²) in [6.07, 6.45) is 0. The van der Waals surface area contributed by atoms with Gasteiger partial charge < -0.3 is 0 Å². The summed E-state index contributed by atoms with van der Waals surface area (Å²) in [6, 6.07) is 3.78. The molecule has 1 N–H and O–H groups in total. The van der Waals surface area contributed by atoms with E-state index in [1.165, 1.54) is 12.1 Å². The molecule has 1 aromatic rings. The van der Waals surface area contributed by atoms with Crippen LogP contribution in [0.4, 0.5) is 8.78 Å². The van der Waals surface area contributed by atoms with Crippen LogP contribution < -0.4 is 5.32 Å². The minimum absolute atomic E-state index is 0.178. The zero-order valence-electron chi connectivity index (χ0n) is 7.18. The first-order chi connectivity index (χ1) is 6.93. The van der Waals surface area contributed by atoms with Crippen LogP contribution in [0, 0.1) is 0 Å². The number of fused-ring (bicyclic) bond motifs is 1. The highest BCUT2D eigenvalue weighted by atomic mass is 79.9. The molecule has 1 aliphatic heterocycles. The van der Waals surface area contributed by atoms with Gasteiger partial charge in [0.25, 0.3) is 5.91 Å². The highest BCUT2D eigenvalue weighted by Gasteiger charge is 2.48. The number of hydrogen-bond acceptors (Lipinski definition) is 2. The third kappa shape index (κ3) is 1.45. The van der Waals surface area contributed by atoms with E-state index in [-0.39, 0.29) is 5.56 Å². The van der Waals surface area contributed by atoms with E-state index in [2.05, 4.69) is 15.9 Å². The molecule has 3 nitrogen and oxygen atoms in total. The van der Waals surface area contributed by atoms with Crippen LogP contribution >= 0.6 is 15.9 Å². The molecule has 0 fully saturated rings. The Balaban J connectivity index is 2.71. The van der Waals surface area contributed by atoms with Crippen LogP contribution in [0.15, 0.2) is 22.7 Å². The maximum atomic E-state index is 13.4. The molecule has 0 bridgehead atoms. The van der Waals surface area contributed by atoms with E-state index in [0.29, 0.717) is 4.47 Å². The normalized spacial score (nSPS) is 18.3. The number of alkyl halides is 2. The van der Waals surface area contributed by atoms with Crippen molar-refractivity contribution >= 4 is 27.7 Å². The Morgan fingerprint density at radius 3 is 2.60 bits per heavy atom. The van der Waals surface area contributed by atoms with Crippen molar-refractivity contribution in [2.45, 2.75) is 5.92 Å². The standard InChI is InChI=1S/C9H4BrF2NO2/c10-4-1-2-5-6(3-4)9(11,12)8(15)13-7(5)14/h1-3H,(H,13,14,15). The number of carbonyl (C=O) groups is 2. The average Bonchev–Trinajstić information content (AvgIpc) is 2.15. The first kappa shape index (κ1) is 10.2. The molecule has 0 spiro atoms. The van der Waals surface area contributed by atoms with Crippen LogP contribution in [0.3, 0.4) is 0 Å². The fourth-order valence-electron chi connectivity index (χ4n) is 1.35. The predicted octanol–water partition coefficient (Wildman–Crippen LogP) is 1.81. The van der Waals surface area contributed by atoms with Crippen LogP contribution in [0.5, 0.6) is 0 Å². The van der Waals surface area contributed by atoms with Crippen LogP contribution in [0.25, 0.3) is 0 Å². The van der Waals surface area contributed by atoms with Gasteiger partial charge >= 0.3 is 11.8 Å². The van der Waals surface area contributed by atoms with Gasteiger partial charge in [-0.25, -0.2) is 0 Å². The fourth-order valence-corrected chi connectivity index (χ4v) is 1.71. The van der Waals surface area contributed by atoms with Gasteiger partial charge in [0.05, 0.1) is 0 Å². The number of benzene rings is 1. The topological polar surface area (TPSA) is 46.2 Å². The van der Waals surface area contributed by atoms with Gasteiger partial charge in [0.2, 0.25) is 0 Å². The number of hydrogen-bond donors (Lipinski definition) is 1. The molecule has 0 saturated carbocycles. The summed E-state index contributed by atoms with van der Waals surface area (Å²) in [5, 5.41) is 1.60. The van der Waals surface area contributed by atoms with Crippen molar-refractivity contribution < 1.29 is 18.4 Å². The Morgan fingerprint density at radius 1 is 1.27 bits per heavy atom. The number of carbonyl (C=O) groups excluding carboxylic acids is 2. The van der Waals surface area contributed by atoms with Crippen LogP contribution in [0.2, 0.25) is 0 Å². The van der Waals surface area contributed by atoms with Gasteiger partial charge in [-0.1, -0.05) is 15.9 Å². The van der Waals surface area contributed by atoms with Crippen molar-refractivity contribution in [3.8, 4) is 0 Å². The smallest absolute Gasteiger partial charge is 0.287 e. The molecular formula is C9H4BrF2NO2. The van der Waals surface area contributed by atoms with Crippen LogP contribution in [-0.2, 0) is 10.7 Å². The van der Waals surface area contributed by atoms with E-state index in [4.69, 9.17) is 0 Å². The van der Waals surface area contributed by atoms with Crippen LogP contribution in [0.1, 0.15) is 15.9 Å². The summed E-state index contributed by atoms with van der Waals surface area (Å²) >= 11 is 3.01. The highest BCUT2D eigenvalue weighted by Crippen LogP contribution is 2.35. The number of amides is 2. The van der Waals surface area contributed by atoms with Crippen molar-refractivity contribution in [2.75, 3.05) is 0 Å². The third-order valence-corrected chi connectivity index (χ3v) is 2.57. The SMILES string of the molecule is O=C1NC(=O)C(F)(F)c2cc(Br)ccc21. The quantitative estimate of drug-likeness (QED) is 0.734. The van der Waals surface area contributed by atoms with E-state index in [1.807, 2.05) is 0 Å². The number of nitrogens with one attached hydrogen (secondary N) is 1. The van der Waals surface area contributed by atoms with Crippen molar-refractivity contribution in [2.24, 2.45) is 0 Å². The second-order valence-corrected chi connectivity index (χ2v) is 3.96. The zero-order chi connectivity index (χ0) is 11.2. The minimum Gasteiger partial charge on any atom is -0.287 e. The molecule has 6 heteroatoms. The summed E-state index contributed by atoms with van der Waals surface area (Å²) in [5.41, 5.74) is -0.742. The fraction of sp³-hybridized carbons (Fsp3) is 0.111. The van der Waals surface area contributed by atoms with E-state index >= 15 is 0 Å². The van der Waals surface area contributed by atoms with Crippen LogP contribution in [-0.4, -0.2) is 11.8 Å². The van der Waals surface area contributed by atoms with E-state index in [0.717, 1.165) is 6.07 Å². The van der Waals surface area contributed by atoms with E-state index in [1.54, 1.807) is 5.32 Å². The van der Waals surface area contributed by atoms with E-state index in [9.17, 15) is 18.4 Å². The molecule has 0 unspecified atom stereocenters. The molecule has 0 aromatic heterocycles. The average molecular weight is 276 g/mol. The summed E-state index contributed by atoms with van der Waals surface area (Å²) in [7, 11) is 0. The largest absolute Gasteiger partial charge is 0.351 e. The lowest BCUT2D eigenvalue weighted by Crippen LogP contribution is -2.47. The minimum atomic E-state index is -3.66. The molecule has 15 heavy (non-hydrogen) atoms. The van der Waals surface area contributed by atoms with E-state index < -0.39 is 23.3 Å². The lowest BCUT2D eigenvalue weighted by molar-refractivity contribution is -0.146. The number of imide groups is 1. The van der Waals surface area contributed by atoms with Crippen molar-refractivity contribution in [1.29, 1.82) is 0 Å². The van der Waals surface area contributed by atoms with Gasteiger partial charge in [-0.3, -0.25) is 14.9 Å². The molecule has 1 aliphatic rings. The molecule has 2 amide bonds. The highest BCUT2D eigenvalue weighted by molar-refractivity contribution is 9.10. The summed E-state index contributed by atoms with van der Waals surface area (Å²) in [5.74, 6) is -6.04. The van der Waals surface area contributed by atoms with Crippen molar-refractivity contribution in [1.82, 2.24) is 5.32 Å². The maximum Gasteiger partial charge on any atom is 0.351 e. The number of rotatable bonds is 0. The van der Waals surface area contributed by atoms with Gasteiger partial charge in [0, 0.05) is 15.6 Å². The van der Waals surface area contributed by atoms with Gasteiger partial charge in [-0.05, 0) is 18.2 Å². The Morgan fingerprint density at radius 2 is 1.93 bits per heavy atom. The maximum absolute atomic E-state index is 13.4. The van der Waals surface area contributed by atoms with Gasteiger partial charge in [-0.15, -0.1) is 0 Å². The van der Waals surface area contributed by atoms with Crippen molar-refractivity contribution in [3.05, 3.63) is 33.8 Å². The number of halogens is 3. The molecule has 0 radical (unpaired) electrons. The zero-order valence-corrected chi connectivity index (χ0v) is 8.77. The molecule has 1 aromatic carbocycles. The molecule has 0 saturated heterocycles. The molecular weight excluding hydrogens is 272 g/mol. The predicted molar refractivity (Wildman–Crippen MR) is 50.5 cm³/mol. The first-order valence-corrected chi connectivity index (χ1v) is 4.76. The molecule has 0 aliphatic carbocycles. The lowest BCUT2D eigenvalue weighted by atomic mass is 9.97. The molecule has 78 valence electrons. The third-order valence-electron chi connectivity index (χ3n) is 2.08. The molecule has 0 atom stereocenters. The monoisotopic (exact) mass is 275 g/mol. The van der Waals surface area contributed by atoms with Gasteiger partial charge in [-0.2, -0.15) is 8.78 Å². The summed E-state index contributed by atoms with van der Waals surface area (Å²) in [4.78, 5) is 22.1. The molecule has 1 heterocycles. The summed E-state index contributed by atoms with van der Waals surface area (Å²) in [6.45, 7) is 0. The van der Waals surface area contributed by atoms with Gasteiger partial charge in [0.15, 0.2) is 0 Å². The second kappa shape index (κ2) is 3.10. The first-order valence-electron chi connectivity index (χ1n) is 3.96. The lowest BCUT2D eigenvalue weighted by Gasteiger charge is -2.23. The van der Waals surface area contributed by atoms with Crippen molar-refractivity contribution in [3.63, 3.8) is 0 Å². The Labute approximate surface area is 91.6 Å².